The number of nitrogens with one attached hydrogen (secondary N) is 1. The molecule has 2 heterocycles. The summed E-state index contributed by atoms with van der Waals surface area (Å²) in [7, 11) is 0. The van der Waals surface area contributed by atoms with Crippen LogP contribution in [0.1, 0.15) is 31.3 Å². The molecule has 1 saturated heterocycles. The van der Waals surface area contributed by atoms with Gasteiger partial charge in [-0.05, 0) is 20.8 Å². The lowest BCUT2D eigenvalue weighted by Gasteiger charge is -2.38. The van der Waals surface area contributed by atoms with Crippen molar-refractivity contribution in [2.45, 2.75) is 39.0 Å². The van der Waals surface area contributed by atoms with E-state index in [1.54, 1.807) is 0 Å². The summed E-state index contributed by atoms with van der Waals surface area (Å²) in [6.07, 6.45) is 3.34. The minimum absolute atomic E-state index is 0.149. The Labute approximate surface area is 124 Å². The van der Waals surface area contributed by atoms with Gasteiger partial charge in [0.15, 0.2) is 11.5 Å². The Morgan fingerprint density at radius 2 is 2.05 bits per heavy atom. The number of anilines is 1. The molecule has 0 unspecified atom stereocenters. The van der Waals surface area contributed by atoms with Crippen molar-refractivity contribution >= 4 is 11.7 Å². The van der Waals surface area contributed by atoms with Crippen molar-refractivity contribution in [3.8, 4) is 0 Å². The van der Waals surface area contributed by atoms with Crippen LogP contribution in [0, 0.1) is 0 Å². The van der Waals surface area contributed by atoms with E-state index in [0.29, 0.717) is 6.54 Å². The lowest BCUT2D eigenvalue weighted by atomic mass is 10.1. The number of hydrogen-bond acceptors (Lipinski definition) is 6. The molecule has 0 spiro atoms. The van der Waals surface area contributed by atoms with Crippen molar-refractivity contribution in [3.63, 3.8) is 0 Å². The summed E-state index contributed by atoms with van der Waals surface area (Å²) < 4.78 is 5.71. The minimum Gasteiger partial charge on any atom is -0.382 e. The summed E-state index contributed by atoms with van der Waals surface area (Å²) in [6.45, 7) is 8.49. The Hall–Kier alpha value is -1.73. The van der Waals surface area contributed by atoms with Gasteiger partial charge in [0.2, 0.25) is 0 Å². The molecular weight excluding hydrogens is 270 g/mol. The van der Waals surface area contributed by atoms with E-state index in [2.05, 4.69) is 41.0 Å². The largest absolute Gasteiger partial charge is 0.382 e. The zero-order valence-corrected chi connectivity index (χ0v) is 12.7. The number of rotatable bonds is 4. The molecule has 2 rings (SSSR count). The van der Waals surface area contributed by atoms with E-state index in [1.807, 2.05) is 0 Å². The monoisotopic (exact) mass is 293 g/mol. The molecule has 21 heavy (non-hydrogen) atoms. The van der Waals surface area contributed by atoms with E-state index < -0.39 is 0 Å². The van der Waals surface area contributed by atoms with E-state index >= 15 is 0 Å². The van der Waals surface area contributed by atoms with Crippen molar-refractivity contribution in [1.29, 1.82) is 0 Å². The van der Waals surface area contributed by atoms with Crippen molar-refractivity contribution < 1.29 is 9.53 Å². The summed E-state index contributed by atoms with van der Waals surface area (Å²) in [4.78, 5) is 22.2. The zero-order chi connectivity index (χ0) is 15.4. The van der Waals surface area contributed by atoms with Crippen molar-refractivity contribution in [2.24, 2.45) is 0 Å². The van der Waals surface area contributed by atoms with Gasteiger partial charge in [-0.3, -0.25) is 9.69 Å². The lowest BCUT2D eigenvalue weighted by molar-refractivity contribution is -0.0778. The Morgan fingerprint density at radius 1 is 1.43 bits per heavy atom. The molecule has 7 heteroatoms. The highest BCUT2D eigenvalue weighted by molar-refractivity contribution is 5.96. The molecule has 1 amide bonds. The van der Waals surface area contributed by atoms with Crippen LogP contribution in [0.25, 0.3) is 0 Å². The maximum absolute atomic E-state index is 12.0. The van der Waals surface area contributed by atoms with Gasteiger partial charge in [-0.1, -0.05) is 0 Å². The first kappa shape index (κ1) is 15.7. The van der Waals surface area contributed by atoms with Crippen LogP contribution in [0.15, 0.2) is 12.4 Å². The second-order valence-corrected chi connectivity index (χ2v) is 5.56. The highest BCUT2D eigenvalue weighted by atomic mass is 16.5. The molecular formula is C14H23N5O2. The molecule has 0 aliphatic carbocycles. The number of carbonyl (C=O) groups is 1. The quantitative estimate of drug-likeness (QED) is 0.828. The molecule has 0 radical (unpaired) electrons. The number of amides is 1. The fourth-order valence-electron chi connectivity index (χ4n) is 2.55. The predicted molar refractivity (Wildman–Crippen MR) is 79.8 cm³/mol. The molecule has 1 aromatic rings. The first-order valence-electron chi connectivity index (χ1n) is 7.21. The third-order valence-corrected chi connectivity index (χ3v) is 3.57. The van der Waals surface area contributed by atoms with Gasteiger partial charge in [-0.2, -0.15) is 0 Å². The van der Waals surface area contributed by atoms with Crippen LogP contribution in [-0.2, 0) is 4.74 Å². The SMILES string of the molecule is C[C@@H]1CN([C@H](C)CNC(=O)c2nccnc2N)C[C@@H](C)O1. The fourth-order valence-corrected chi connectivity index (χ4v) is 2.55. The molecule has 1 aliphatic rings. The van der Waals surface area contributed by atoms with Crippen LogP contribution >= 0.6 is 0 Å². The second-order valence-electron chi connectivity index (χ2n) is 5.56. The van der Waals surface area contributed by atoms with Gasteiger partial charge in [-0.15, -0.1) is 0 Å². The van der Waals surface area contributed by atoms with Crippen LogP contribution in [0.4, 0.5) is 5.82 Å². The number of nitrogens with zero attached hydrogens (tertiary/aromatic N) is 3. The zero-order valence-electron chi connectivity index (χ0n) is 12.7. The fraction of sp³-hybridized carbons (Fsp3) is 0.643. The average Bonchev–Trinajstić information content (AvgIpc) is 2.43. The van der Waals surface area contributed by atoms with Gasteiger partial charge < -0.3 is 15.8 Å². The standard InChI is InChI=1S/C14H23N5O2/c1-9(19-7-10(2)21-11(3)8-19)6-18-14(20)12-13(15)17-5-4-16-12/h4-5,9-11H,6-8H2,1-3H3,(H2,15,17)(H,18,20)/t9-,10-,11-/m1/s1. The van der Waals surface area contributed by atoms with Crippen LogP contribution in [0.2, 0.25) is 0 Å². The lowest BCUT2D eigenvalue weighted by Crippen LogP contribution is -2.52. The number of nitrogens with two attached hydrogens (primary N) is 1. The first-order valence-corrected chi connectivity index (χ1v) is 7.21. The van der Waals surface area contributed by atoms with Gasteiger partial charge in [0, 0.05) is 38.1 Å². The van der Waals surface area contributed by atoms with Crippen LogP contribution < -0.4 is 11.1 Å². The molecule has 1 aromatic heterocycles. The Balaban J connectivity index is 1.87. The summed E-state index contributed by atoms with van der Waals surface area (Å²) in [5, 5.41) is 2.86. The molecule has 0 aromatic carbocycles. The summed E-state index contributed by atoms with van der Waals surface area (Å²) in [5.41, 5.74) is 5.82. The average molecular weight is 293 g/mol. The maximum Gasteiger partial charge on any atom is 0.273 e. The van der Waals surface area contributed by atoms with E-state index in [-0.39, 0.29) is 35.7 Å². The summed E-state index contributed by atoms with van der Waals surface area (Å²) in [6, 6.07) is 0.223. The molecule has 0 bridgehead atoms. The molecule has 1 fully saturated rings. The van der Waals surface area contributed by atoms with Crippen LogP contribution in [-0.4, -0.2) is 58.7 Å². The molecule has 7 nitrogen and oxygen atoms in total. The molecule has 0 saturated carbocycles. The van der Waals surface area contributed by atoms with E-state index in [0.717, 1.165) is 13.1 Å². The van der Waals surface area contributed by atoms with Crippen LogP contribution in [0.5, 0.6) is 0 Å². The van der Waals surface area contributed by atoms with Crippen LogP contribution in [0.3, 0.4) is 0 Å². The highest BCUT2D eigenvalue weighted by Crippen LogP contribution is 2.13. The number of hydrogen-bond donors (Lipinski definition) is 2. The predicted octanol–water partition coefficient (Wildman–Crippen LogP) is 0.286. The molecule has 1 aliphatic heterocycles. The van der Waals surface area contributed by atoms with Crippen molar-refractivity contribution in [1.82, 2.24) is 20.2 Å². The summed E-state index contributed by atoms with van der Waals surface area (Å²) >= 11 is 0. The van der Waals surface area contributed by atoms with Crippen molar-refractivity contribution in [3.05, 3.63) is 18.1 Å². The topological polar surface area (TPSA) is 93.4 Å². The first-order chi connectivity index (χ1) is 9.97. The normalized spacial score (nSPS) is 24.5. The number of carbonyl (C=O) groups excluding carboxylic acids is 1. The minimum atomic E-state index is -0.290. The van der Waals surface area contributed by atoms with Crippen molar-refractivity contribution in [2.75, 3.05) is 25.4 Å². The smallest absolute Gasteiger partial charge is 0.273 e. The number of morpholine rings is 1. The Bertz CT molecular complexity index is 486. The van der Waals surface area contributed by atoms with E-state index in [4.69, 9.17) is 10.5 Å². The van der Waals surface area contributed by atoms with Gasteiger partial charge in [0.1, 0.15) is 0 Å². The number of ether oxygens (including phenoxy) is 1. The molecule has 3 atom stereocenters. The number of aromatic nitrogens is 2. The molecule has 116 valence electrons. The van der Waals surface area contributed by atoms with E-state index in [9.17, 15) is 4.79 Å². The van der Waals surface area contributed by atoms with Gasteiger partial charge in [0.25, 0.3) is 5.91 Å². The van der Waals surface area contributed by atoms with Gasteiger partial charge >= 0.3 is 0 Å². The summed E-state index contributed by atoms with van der Waals surface area (Å²) in [5.74, 6) is -0.141. The number of nitrogen functional groups attached to an aromatic ring is 1. The van der Waals surface area contributed by atoms with Gasteiger partial charge in [-0.25, -0.2) is 9.97 Å². The molecule has 3 N–H and O–H groups in total. The van der Waals surface area contributed by atoms with Gasteiger partial charge in [0.05, 0.1) is 12.2 Å². The maximum atomic E-state index is 12.0. The Morgan fingerprint density at radius 3 is 2.67 bits per heavy atom. The third-order valence-electron chi connectivity index (χ3n) is 3.57. The second kappa shape index (κ2) is 6.82. The Kier molecular flexibility index (Phi) is 5.08. The van der Waals surface area contributed by atoms with E-state index in [1.165, 1.54) is 12.4 Å². The highest BCUT2D eigenvalue weighted by Gasteiger charge is 2.26. The third kappa shape index (κ3) is 4.12.